The number of anilines is 2. The molecule has 0 bridgehead atoms. The van der Waals surface area contributed by atoms with Crippen molar-refractivity contribution in [2.75, 3.05) is 23.3 Å². The third kappa shape index (κ3) is 4.82. The molecule has 1 aliphatic rings. The van der Waals surface area contributed by atoms with Crippen molar-refractivity contribution >= 4 is 28.5 Å². The zero-order valence-corrected chi connectivity index (χ0v) is 21.0. The predicted octanol–water partition coefficient (Wildman–Crippen LogP) is 5.27. The van der Waals surface area contributed by atoms with E-state index in [1.54, 1.807) is 6.20 Å². The maximum atomic E-state index is 13.8. The smallest absolute Gasteiger partial charge is 0.231 e. The molecular weight excluding hydrogens is 471 g/mol. The van der Waals surface area contributed by atoms with E-state index in [0.29, 0.717) is 28.2 Å². The fourth-order valence-corrected chi connectivity index (χ4v) is 4.72. The number of rotatable bonds is 6. The van der Waals surface area contributed by atoms with E-state index in [-0.39, 0.29) is 17.6 Å². The summed E-state index contributed by atoms with van der Waals surface area (Å²) in [7, 11) is 0. The number of halogens is 1. The number of nitrogens with one attached hydrogen (secondary N) is 2. The van der Waals surface area contributed by atoms with E-state index < -0.39 is 11.4 Å². The lowest BCUT2D eigenvalue weighted by atomic mass is 9.81. The zero-order valence-electron chi connectivity index (χ0n) is 21.0. The summed E-state index contributed by atoms with van der Waals surface area (Å²) in [5.41, 5.74) is 2.12. The highest BCUT2D eigenvalue weighted by Crippen LogP contribution is 2.35. The molecule has 10 heteroatoms. The molecule has 0 aliphatic carbocycles. The summed E-state index contributed by atoms with van der Waals surface area (Å²) < 4.78 is 13.8. The quantitative estimate of drug-likeness (QED) is 0.310. The first kappa shape index (κ1) is 24.6. The molecule has 3 N–H and O–H groups in total. The van der Waals surface area contributed by atoms with Crippen LogP contribution >= 0.6 is 0 Å². The molecule has 0 saturated carbocycles. The van der Waals surface area contributed by atoms with Crippen LogP contribution in [0, 0.1) is 18.3 Å². The topological polar surface area (TPSA) is 107 Å². The molecule has 1 unspecified atom stereocenters. The molecule has 1 fully saturated rings. The van der Waals surface area contributed by atoms with E-state index in [0.717, 1.165) is 43.5 Å². The average molecular weight is 501 g/mol. The normalized spacial score (nSPS) is 16.1. The van der Waals surface area contributed by atoms with Gasteiger partial charge in [-0.1, -0.05) is 19.9 Å². The Morgan fingerprint density at radius 2 is 1.92 bits per heavy atom. The van der Waals surface area contributed by atoms with Gasteiger partial charge in [0.2, 0.25) is 11.6 Å². The summed E-state index contributed by atoms with van der Waals surface area (Å²) in [4.78, 5) is 26.4. The Kier molecular flexibility index (Phi) is 6.48. The Morgan fingerprint density at radius 1 is 1.14 bits per heavy atom. The number of aromatic amines is 1. The molecule has 5 rings (SSSR count). The van der Waals surface area contributed by atoms with Gasteiger partial charge in [-0.15, -0.1) is 0 Å². The summed E-state index contributed by atoms with van der Waals surface area (Å²) in [6.07, 6.45) is 7.57. The third-order valence-corrected chi connectivity index (χ3v) is 7.29. The molecule has 4 aromatic rings. The molecule has 5 heterocycles. The van der Waals surface area contributed by atoms with E-state index >= 15 is 0 Å². The number of nitrogens with zero attached hydrogens (tertiary/aromatic N) is 6. The van der Waals surface area contributed by atoms with Gasteiger partial charge in [0.25, 0.3) is 0 Å². The maximum absolute atomic E-state index is 13.8. The van der Waals surface area contributed by atoms with Gasteiger partial charge >= 0.3 is 0 Å². The average Bonchev–Trinajstić information content (AvgIpc) is 3.32. The highest BCUT2D eigenvalue weighted by atomic mass is 19.1. The highest BCUT2D eigenvalue weighted by molar-refractivity contribution is 5.96. The summed E-state index contributed by atoms with van der Waals surface area (Å²) in [5.74, 6) is 1.01. The number of hydrogen-bond acceptors (Lipinski definition) is 7. The minimum atomic E-state index is -0.603. The van der Waals surface area contributed by atoms with Gasteiger partial charge in [0.05, 0.1) is 30.1 Å². The summed E-state index contributed by atoms with van der Waals surface area (Å²) in [5, 5.41) is 14.6. The number of H-pyrrole nitrogens is 1. The summed E-state index contributed by atoms with van der Waals surface area (Å²) in [6.45, 7) is 15.2. The summed E-state index contributed by atoms with van der Waals surface area (Å²) >= 11 is 0. The van der Waals surface area contributed by atoms with Crippen molar-refractivity contribution in [3.05, 3.63) is 65.8 Å². The second-order valence-corrected chi connectivity index (χ2v) is 9.85. The van der Waals surface area contributed by atoms with E-state index in [1.807, 2.05) is 25.3 Å². The van der Waals surface area contributed by atoms with Gasteiger partial charge in [-0.25, -0.2) is 29.2 Å². The van der Waals surface area contributed by atoms with Crippen molar-refractivity contribution in [2.24, 2.45) is 5.92 Å². The minimum absolute atomic E-state index is 0.150. The van der Waals surface area contributed by atoms with Crippen LogP contribution in [0.4, 0.5) is 21.8 Å². The number of aliphatic hydroxyl groups is 1. The zero-order chi connectivity index (χ0) is 26.2. The fourth-order valence-electron chi connectivity index (χ4n) is 4.72. The molecular formula is C27H29FN8O. The largest absolute Gasteiger partial charge is 0.389 e. The maximum Gasteiger partial charge on any atom is 0.231 e. The van der Waals surface area contributed by atoms with Gasteiger partial charge in [-0.05, 0) is 43.4 Å². The Balaban J connectivity index is 1.32. The van der Waals surface area contributed by atoms with Gasteiger partial charge < -0.3 is 20.3 Å². The molecule has 1 aliphatic heterocycles. The number of pyridine rings is 2. The fraction of sp³-hybridized carbons (Fsp3) is 0.370. The van der Waals surface area contributed by atoms with Gasteiger partial charge in [-0.3, -0.25) is 0 Å². The summed E-state index contributed by atoms with van der Waals surface area (Å²) in [6, 6.07) is 5.24. The van der Waals surface area contributed by atoms with Crippen LogP contribution in [0.15, 0.2) is 43.0 Å². The molecule has 0 aromatic carbocycles. The second kappa shape index (κ2) is 9.75. The lowest BCUT2D eigenvalue weighted by Gasteiger charge is -2.41. The molecule has 1 atom stereocenters. The molecule has 0 spiro atoms. The predicted molar refractivity (Wildman–Crippen MR) is 141 cm³/mol. The molecule has 0 amide bonds. The van der Waals surface area contributed by atoms with Crippen LogP contribution in [-0.2, 0) is 0 Å². The van der Waals surface area contributed by atoms with Gasteiger partial charge in [0, 0.05) is 42.6 Å². The third-order valence-electron chi connectivity index (χ3n) is 7.29. The van der Waals surface area contributed by atoms with E-state index in [2.05, 4.69) is 53.8 Å². The lowest BCUT2D eigenvalue weighted by Crippen LogP contribution is -2.47. The van der Waals surface area contributed by atoms with Gasteiger partial charge in [0.1, 0.15) is 17.3 Å². The van der Waals surface area contributed by atoms with Crippen LogP contribution in [0.1, 0.15) is 45.2 Å². The number of piperidine rings is 1. The molecule has 1 saturated heterocycles. The monoisotopic (exact) mass is 500 g/mol. The van der Waals surface area contributed by atoms with E-state index in [9.17, 15) is 9.50 Å². The molecule has 37 heavy (non-hydrogen) atoms. The SMILES string of the molecule is [C-]#[N+]c1cnc(NC(C)c2ccc(N3CCC(O)(C(C)C)CC3)nc2)nc1-c1c[nH]c2ncc(F)cc12. The van der Waals surface area contributed by atoms with E-state index in [1.165, 1.54) is 12.3 Å². The Morgan fingerprint density at radius 3 is 2.59 bits per heavy atom. The Hall–Kier alpha value is -4.10. The molecule has 4 aromatic heterocycles. The number of fused-ring (bicyclic) bond motifs is 1. The minimum Gasteiger partial charge on any atom is -0.389 e. The molecule has 9 nitrogen and oxygen atoms in total. The Bertz CT molecular complexity index is 1450. The van der Waals surface area contributed by atoms with Crippen LogP contribution in [0.5, 0.6) is 0 Å². The van der Waals surface area contributed by atoms with Crippen molar-refractivity contribution < 1.29 is 9.50 Å². The van der Waals surface area contributed by atoms with Crippen LogP contribution < -0.4 is 10.2 Å². The van der Waals surface area contributed by atoms with Crippen LogP contribution in [0.25, 0.3) is 27.1 Å². The van der Waals surface area contributed by atoms with Crippen LogP contribution in [0.3, 0.4) is 0 Å². The first-order valence-electron chi connectivity index (χ1n) is 12.3. The molecule has 0 radical (unpaired) electrons. The van der Waals surface area contributed by atoms with Crippen molar-refractivity contribution in [1.82, 2.24) is 24.9 Å². The lowest BCUT2D eigenvalue weighted by molar-refractivity contribution is -0.0262. The molecule has 190 valence electrons. The van der Waals surface area contributed by atoms with Crippen LogP contribution in [0.2, 0.25) is 0 Å². The van der Waals surface area contributed by atoms with Crippen molar-refractivity contribution in [3.63, 3.8) is 0 Å². The van der Waals surface area contributed by atoms with Gasteiger partial charge in [0.15, 0.2) is 0 Å². The van der Waals surface area contributed by atoms with E-state index in [4.69, 9.17) is 6.57 Å². The highest BCUT2D eigenvalue weighted by Gasteiger charge is 2.35. The van der Waals surface area contributed by atoms with Crippen molar-refractivity contribution in [2.45, 2.75) is 45.3 Å². The van der Waals surface area contributed by atoms with Crippen molar-refractivity contribution in [3.8, 4) is 11.3 Å². The first-order valence-corrected chi connectivity index (χ1v) is 12.3. The first-order chi connectivity index (χ1) is 17.8. The second-order valence-electron chi connectivity index (χ2n) is 9.85. The van der Waals surface area contributed by atoms with Crippen LogP contribution in [-0.4, -0.2) is 48.7 Å². The number of hydrogen-bond donors (Lipinski definition) is 3. The van der Waals surface area contributed by atoms with Crippen molar-refractivity contribution in [1.29, 1.82) is 0 Å². The standard InChI is InChI=1S/C27H29FN8O/c1-16(2)27(37)7-9-36(10-8-27)23-6-5-18(12-30-23)17(3)34-26-33-15-22(29-4)24(35-26)21-14-32-25-20(21)11-19(28)13-31-25/h5-6,11-17,37H,7-10H2,1-3H3,(H,31,32)(H,33,34,35). The number of aromatic nitrogens is 5. The Labute approximate surface area is 214 Å². The van der Waals surface area contributed by atoms with Gasteiger partial charge in [-0.2, -0.15) is 0 Å².